The van der Waals surface area contributed by atoms with Crippen molar-refractivity contribution in [2.75, 3.05) is 5.32 Å². The van der Waals surface area contributed by atoms with Crippen LogP contribution in [0.4, 0.5) is 11.4 Å². The Bertz CT molecular complexity index is 697. The molecule has 0 aliphatic carbocycles. The Morgan fingerprint density at radius 1 is 1.38 bits per heavy atom. The van der Waals surface area contributed by atoms with Crippen molar-refractivity contribution in [2.24, 2.45) is 0 Å². The zero-order chi connectivity index (χ0) is 15.2. The standard InChI is InChI=1S/C15H13N3O3/c1-11-4-6-13(18(20)21)9-14(11)17-15(19)7-5-12-3-2-8-16-10-12/h2-10H,1H3,(H,17,19)/b7-5+. The van der Waals surface area contributed by atoms with Gasteiger partial charge in [0.15, 0.2) is 0 Å². The third-order valence-electron chi connectivity index (χ3n) is 2.80. The van der Waals surface area contributed by atoms with Gasteiger partial charge < -0.3 is 5.32 Å². The Morgan fingerprint density at radius 3 is 2.86 bits per heavy atom. The number of hydrogen-bond acceptors (Lipinski definition) is 4. The number of nitro groups is 1. The van der Waals surface area contributed by atoms with Gasteiger partial charge in [-0.05, 0) is 30.2 Å². The highest BCUT2D eigenvalue weighted by Gasteiger charge is 2.09. The van der Waals surface area contributed by atoms with Crippen molar-refractivity contribution in [2.45, 2.75) is 6.92 Å². The number of non-ortho nitro benzene ring substituents is 1. The molecule has 2 aromatic rings. The van der Waals surface area contributed by atoms with Gasteiger partial charge in [-0.2, -0.15) is 0 Å². The lowest BCUT2D eigenvalue weighted by atomic mass is 10.2. The predicted molar refractivity (Wildman–Crippen MR) is 79.7 cm³/mol. The number of aryl methyl sites for hydroxylation is 1. The molecule has 106 valence electrons. The summed E-state index contributed by atoms with van der Waals surface area (Å²) in [5.74, 6) is -0.359. The first kappa shape index (κ1) is 14.4. The van der Waals surface area contributed by atoms with Gasteiger partial charge in [0.25, 0.3) is 5.69 Å². The van der Waals surface area contributed by atoms with Crippen LogP contribution in [-0.2, 0) is 4.79 Å². The second-order valence-electron chi connectivity index (χ2n) is 4.37. The number of pyridine rings is 1. The summed E-state index contributed by atoms with van der Waals surface area (Å²) in [5.41, 5.74) is 1.91. The number of amides is 1. The molecule has 6 heteroatoms. The van der Waals surface area contributed by atoms with Gasteiger partial charge in [0.1, 0.15) is 0 Å². The average molecular weight is 283 g/mol. The third-order valence-corrected chi connectivity index (χ3v) is 2.80. The van der Waals surface area contributed by atoms with E-state index in [0.29, 0.717) is 5.69 Å². The van der Waals surface area contributed by atoms with Gasteiger partial charge in [-0.15, -0.1) is 0 Å². The largest absolute Gasteiger partial charge is 0.322 e. The first-order valence-corrected chi connectivity index (χ1v) is 6.20. The number of aromatic nitrogens is 1. The fourth-order valence-electron chi connectivity index (χ4n) is 1.68. The van der Waals surface area contributed by atoms with Crippen LogP contribution >= 0.6 is 0 Å². The molecule has 1 aromatic heterocycles. The van der Waals surface area contributed by atoms with E-state index in [0.717, 1.165) is 11.1 Å². The monoisotopic (exact) mass is 283 g/mol. The molecule has 1 amide bonds. The fourth-order valence-corrected chi connectivity index (χ4v) is 1.68. The fraction of sp³-hybridized carbons (Fsp3) is 0.0667. The van der Waals surface area contributed by atoms with Crippen LogP contribution in [0.5, 0.6) is 0 Å². The lowest BCUT2D eigenvalue weighted by Gasteiger charge is -2.05. The molecular formula is C15H13N3O3. The molecule has 6 nitrogen and oxygen atoms in total. The van der Waals surface area contributed by atoms with Gasteiger partial charge in [-0.3, -0.25) is 19.9 Å². The minimum absolute atomic E-state index is 0.0628. The SMILES string of the molecule is Cc1ccc([N+](=O)[O-])cc1NC(=O)/C=C/c1cccnc1. The van der Waals surface area contributed by atoms with Gasteiger partial charge in [-0.1, -0.05) is 12.1 Å². The Labute approximate surface area is 121 Å². The Hall–Kier alpha value is -3.02. The highest BCUT2D eigenvalue weighted by atomic mass is 16.6. The van der Waals surface area contributed by atoms with Crippen molar-refractivity contribution >= 4 is 23.4 Å². The topological polar surface area (TPSA) is 85.1 Å². The molecule has 0 aliphatic rings. The number of rotatable bonds is 4. The Balaban J connectivity index is 2.11. The molecule has 0 radical (unpaired) electrons. The maximum atomic E-state index is 11.8. The molecule has 0 saturated heterocycles. The molecular weight excluding hydrogens is 270 g/mol. The number of carbonyl (C=O) groups is 1. The highest BCUT2D eigenvalue weighted by Crippen LogP contribution is 2.21. The molecule has 0 spiro atoms. The predicted octanol–water partition coefficient (Wildman–Crippen LogP) is 2.95. The first-order chi connectivity index (χ1) is 10.1. The molecule has 0 aliphatic heterocycles. The van der Waals surface area contributed by atoms with Crippen LogP contribution in [0.2, 0.25) is 0 Å². The lowest BCUT2D eigenvalue weighted by molar-refractivity contribution is -0.384. The van der Waals surface area contributed by atoms with Crippen molar-refractivity contribution in [1.82, 2.24) is 4.98 Å². The smallest absolute Gasteiger partial charge is 0.271 e. The summed E-state index contributed by atoms with van der Waals surface area (Å²) in [6.07, 6.45) is 6.25. The van der Waals surface area contributed by atoms with Crippen LogP contribution in [0, 0.1) is 17.0 Å². The summed E-state index contributed by atoms with van der Waals surface area (Å²) >= 11 is 0. The maximum Gasteiger partial charge on any atom is 0.271 e. The zero-order valence-corrected chi connectivity index (χ0v) is 11.3. The summed E-state index contributed by atoms with van der Waals surface area (Å²) in [7, 11) is 0. The zero-order valence-electron chi connectivity index (χ0n) is 11.3. The van der Waals surface area contributed by atoms with Gasteiger partial charge in [0, 0.05) is 30.6 Å². The molecule has 2 rings (SSSR count). The summed E-state index contributed by atoms with van der Waals surface area (Å²) in [4.78, 5) is 26.0. The van der Waals surface area contributed by atoms with Crippen molar-refractivity contribution in [3.8, 4) is 0 Å². The van der Waals surface area contributed by atoms with E-state index >= 15 is 0 Å². The summed E-state index contributed by atoms with van der Waals surface area (Å²) in [5, 5.41) is 13.4. The van der Waals surface area contributed by atoms with E-state index in [1.165, 1.54) is 18.2 Å². The number of nitrogens with zero attached hydrogens (tertiary/aromatic N) is 2. The van der Waals surface area contributed by atoms with Gasteiger partial charge in [-0.25, -0.2) is 0 Å². The summed E-state index contributed by atoms with van der Waals surface area (Å²) in [6, 6.07) is 7.91. The van der Waals surface area contributed by atoms with Crippen LogP contribution in [0.25, 0.3) is 6.08 Å². The van der Waals surface area contributed by atoms with Gasteiger partial charge in [0.05, 0.1) is 10.6 Å². The van der Waals surface area contributed by atoms with Crippen LogP contribution < -0.4 is 5.32 Å². The summed E-state index contributed by atoms with van der Waals surface area (Å²) in [6.45, 7) is 1.77. The number of anilines is 1. The number of benzene rings is 1. The minimum Gasteiger partial charge on any atom is -0.322 e. The Morgan fingerprint density at radius 2 is 2.19 bits per heavy atom. The van der Waals surface area contributed by atoms with Crippen molar-refractivity contribution in [3.63, 3.8) is 0 Å². The van der Waals surface area contributed by atoms with E-state index in [2.05, 4.69) is 10.3 Å². The quantitative estimate of drug-likeness (QED) is 0.531. The lowest BCUT2D eigenvalue weighted by Crippen LogP contribution is -2.09. The van der Waals surface area contributed by atoms with Crippen LogP contribution in [-0.4, -0.2) is 15.8 Å². The van der Waals surface area contributed by atoms with Gasteiger partial charge in [0.2, 0.25) is 5.91 Å². The van der Waals surface area contributed by atoms with E-state index in [1.54, 1.807) is 37.5 Å². The molecule has 0 saturated carbocycles. The molecule has 1 N–H and O–H groups in total. The maximum absolute atomic E-state index is 11.8. The molecule has 1 aromatic carbocycles. The second kappa shape index (κ2) is 6.42. The summed E-state index contributed by atoms with van der Waals surface area (Å²) < 4.78 is 0. The van der Waals surface area contributed by atoms with Crippen molar-refractivity contribution in [3.05, 3.63) is 70.0 Å². The number of hydrogen-bond donors (Lipinski definition) is 1. The number of nitrogens with one attached hydrogen (secondary N) is 1. The minimum atomic E-state index is -0.499. The molecule has 1 heterocycles. The van der Waals surface area contributed by atoms with E-state index in [4.69, 9.17) is 0 Å². The first-order valence-electron chi connectivity index (χ1n) is 6.20. The van der Waals surface area contributed by atoms with Crippen LogP contribution in [0.3, 0.4) is 0 Å². The van der Waals surface area contributed by atoms with E-state index in [1.807, 2.05) is 6.07 Å². The second-order valence-corrected chi connectivity index (χ2v) is 4.37. The number of carbonyl (C=O) groups excluding carboxylic acids is 1. The van der Waals surface area contributed by atoms with Gasteiger partial charge >= 0.3 is 0 Å². The molecule has 21 heavy (non-hydrogen) atoms. The average Bonchev–Trinajstić information content (AvgIpc) is 2.48. The number of nitro benzene ring substituents is 1. The highest BCUT2D eigenvalue weighted by molar-refractivity contribution is 6.02. The molecule has 0 unspecified atom stereocenters. The van der Waals surface area contributed by atoms with E-state index in [-0.39, 0.29) is 11.6 Å². The normalized spacial score (nSPS) is 10.5. The van der Waals surface area contributed by atoms with Crippen molar-refractivity contribution in [1.29, 1.82) is 0 Å². The third kappa shape index (κ3) is 3.97. The Kier molecular flexibility index (Phi) is 4.40. The van der Waals surface area contributed by atoms with E-state index < -0.39 is 4.92 Å². The molecule has 0 fully saturated rings. The molecule has 0 atom stereocenters. The van der Waals surface area contributed by atoms with Crippen LogP contribution in [0.15, 0.2) is 48.8 Å². The van der Waals surface area contributed by atoms with Crippen molar-refractivity contribution < 1.29 is 9.72 Å². The van der Waals surface area contributed by atoms with E-state index in [9.17, 15) is 14.9 Å². The molecule has 0 bridgehead atoms. The van der Waals surface area contributed by atoms with Crippen LogP contribution in [0.1, 0.15) is 11.1 Å².